The lowest BCUT2D eigenvalue weighted by Gasteiger charge is -2.17. The number of aryl methyl sites for hydroxylation is 2. The lowest BCUT2D eigenvalue weighted by atomic mass is 10.0. The van der Waals surface area contributed by atoms with Crippen LogP contribution in [-0.2, 0) is 6.42 Å². The van der Waals surface area contributed by atoms with Crippen LogP contribution in [0.3, 0.4) is 0 Å². The van der Waals surface area contributed by atoms with Gasteiger partial charge >= 0.3 is 0 Å². The van der Waals surface area contributed by atoms with E-state index in [1.54, 1.807) is 19.1 Å². The highest BCUT2D eigenvalue weighted by molar-refractivity contribution is 5.95. The summed E-state index contributed by atoms with van der Waals surface area (Å²) in [6.07, 6.45) is 0.944. The van der Waals surface area contributed by atoms with Crippen LogP contribution >= 0.6 is 0 Å². The number of phenols is 1. The van der Waals surface area contributed by atoms with Crippen LogP contribution in [-0.4, -0.2) is 22.7 Å². The first-order chi connectivity index (χ1) is 10.5. The number of phenolic OH excluding ortho intramolecular Hbond substituents is 1. The van der Waals surface area contributed by atoms with Gasteiger partial charge < -0.3 is 15.5 Å². The zero-order valence-electron chi connectivity index (χ0n) is 12.8. The number of aliphatic hydroxyl groups is 1. The molecule has 116 valence electrons. The van der Waals surface area contributed by atoms with Gasteiger partial charge in [0.25, 0.3) is 5.91 Å². The summed E-state index contributed by atoms with van der Waals surface area (Å²) in [7, 11) is 0. The average molecular weight is 299 g/mol. The van der Waals surface area contributed by atoms with Crippen LogP contribution in [0.4, 0.5) is 0 Å². The molecule has 4 heteroatoms. The Hall–Kier alpha value is -2.33. The number of carbonyl (C=O) groups is 1. The minimum atomic E-state index is -0.471. The molecule has 0 heterocycles. The number of nitrogens with one attached hydrogen (secondary N) is 1. The number of aliphatic hydroxyl groups excluding tert-OH is 1. The molecule has 3 N–H and O–H groups in total. The van der Waals surface area contributed by atoms with Crippen molar-refractivity contribution >= 4 is 5.91 Å². The van der Waals surface area contributed by atoms with Crippen molar-refractivity contribution in [1.29, 1.82) is 0 Å². The third-order valence-electron chi connectivity index (χ3n) is 3.75. The maximum Gasteiger partial charge on any atom is 0.251 e. The number of carbonyl (C=O) groups excluding carboxylic acids is 1. The molecule has 4 nitrogen and oxygen atoms in total. The number of rotatable bonds is 5. The van der Waals surface area contributed by atoms with E-state index in [2.05, 4.69) is 12.2 Å². The smallest absolute Gasteiger partial charge is 0.251 e. The van der Waals surface area contributed by atoms with E-state index in [1.165, 1.54) is 11.6 Å². The topological polar surface area (TPSA) is 69.6 Å². The summed E-state index contributed by atoms with van der Waals surface area (Å²) in [5.74, 6) is -0.241. The van der Waals surface area contributed by atoms with Gasteiger partial charge in [-0.2, -0.15) is 0 Å². The molecule has 0 aliphatic carbocycles. The molecule has 2 aromatic carbocycles. The maximum absolute atomic E-state index is 12.2. The Labute approximate surface area is 130 Å². The monoisotopic (exact) mass is 299 g/mol. The second-order valence-corrected chi connectivity index (χ2v) is 5.31. The summed E-state index contributed by atoms with van der Waals surface area (Å²) in [6, 6.07) is 12.1. The predicted octanol–water partition coefficient (Wildman–Crippen LogP) is 2.73. The number of amides is 1. The van der Waals surface area contributed by atoms with Crippen molar-refractivity contribution in [2.45, 2.75) is 26.3 Å². The Morgan fingerprint density at radius 1 is 1.18 bits per heavy atom. The Kier molecular flexibility index (Phi) is 5.17. The highest BCUT2D eigenvalue weighted by atomic mass is 16.3. The van der Waals surface area contributed by atoms with E-state index >= 15 is 0 Å². The van der Waals surface area contributed by atoms with Gasteiger partial charge in [0.05, 0.1) is 12.6 Å². The summed E-state index contributed by atoms with van der Waals surface area (Å²) < 4.78 is 0. The zero-order chi connectivity index (χ0) is 16.1. The van der Waals surface area contributed by atoms with Crippen molar-refractivity contribution in [3.8, 4) is 5.75 Å². The van der Waals surface area contributed by atoms with E-state index in [4.69, 9.17) is 0 Å². The molecule has 0 aliphatic heterocycles. The second kappa shape index (κ2) is 7.09. The first-order valence-corrected chi connectivity index (χ1v) is 7.35. The third kappa shape index (κ3) is 3.65. The van der Waals surface area contributed by atoms with Gasteiger partial charge in [-0.25, -0.2) is 0 Å². The SMILES string of the molecule is CCc1ccc(C(CO)NC(=O)c2ccc(C)c(O)c2)cc1. The van der Waals surface area contributed by atoms with Crippen molar-refractivity contribution < 1.29 is 15.0 Å². The van der Waals surface area contributed by atoms with Crippen molar-refractivity contribution in [2.24, 2.45) is 0 Å². The average Bonchev–Trinajstić information content (AvgIpc) is 2.55. The van der Waals surface area contributed by atoms with Crippen LogP contribution in [0.25, 0.3) is 0 Å². The fourth-order valence-electron chi connectivity index (χ4n) is 2.21. The third-order valence-corrected chi connectivity index (χ3v) is 3.75. The summed E-state index contributed by atoms with van der Waals surface area (Å²) in [6.45, 7) is 3.65. The van der Waals surface area contributed by atoms with E-state index in [1.807, 2.05) is 24.3 Å². The van der Waals surface area contributed by atoms with Crippen molar-refractivity contribution in [2.75, 3.05) is 6.61 Å². The van der Waals surface area contributed by atoms with Crippen molar-refractivity contribution in [3.63, 3.8) is 0 Å². The first-order valence-electron chi connectivity index (χ1n) is 7.35. The molecular weight excluding hydrogens is 278 g/mol. The molecule has 22 heavy (non-hydrogen) atoms. The normalized spacial score (nSPS) is 12.0. The number of aromatic hydroxyl groups is 1. The fourth-order valence-corrected chi connectivity index (χ4v) is 2.21. The Morgan fingerprint density at radius 2 is 1.86 bits per heavy atom. The van der Waals surface area contributed by atoms with Crippen LogP contribution < -0.4 is 5.32 Å². The standard InChI is InChI=1S/C18H21NO3/c1-3-13-5-8-14(9-6-13)16(11-20)19-18(22)15-7-4-12(2)17(21)10-15/h4-10,16,20-21H,3,11H2,1-2H3,(H,19,22). The molecule has 0 radical (unpaired) electrons. The molecule has 0 saturated heterocycles. The first kappa shape index (κ1) is 16.0. The van der Waals surface area contributed by atoms with Gasteiger partial charge in [0.1, 0.15) is 5.75 Å². The molecule has 0 bridgehead atoms. The fraction of sp³-hybridized carbons (Fsp3) is 0.278. The summed E-state index contributed by atoms with van der Waals surface area (Å²) in [5.41, 5.74) is 3.14. The zero-order valence-corrected chi connectivity index (χ0v) is 12.8. The minimum absolute atomic E-state index is 0.0838. The number of hydrogen-bond acceptors (Lipinski definition) is 3. The highest BCUT2D eigenvalue weighted by Gasteiger charge is 2.15. The van der Waals surface area contributed by atoms with Gasteiger partial charge in [0.2, 0.25) is 0 Å². The van der Waals surface area contributed by atoms with Gasteiger partial charge in [0, 0.05) is 5.56 Å². The van der Waals surface area contributed by atoms with Gasteiger partial charge in [0.15, 0.2) is 0 Å². The summed E-state index contributed by atoms with van der Waals surface area (Å²) in [4.78, 5) is 12.2. The predicted molar refractivity (Wildman–Crippen MR) is 86.0 cm³/mol. The lowest BCUT2D eigenvalue weighted by Crippen LogP contribution is -2.30. The Morgan fingerprint density at radius 3 is 2.41 bits per heavy atom. The van der Waals surface area contributed by atoms with Gasteiger partial charge in [-0.3, -0.25) is 4.79 Å². The van der Waals surface area contributed by atoms with Crippen molar-refractivity contribution in [1.82, 2.24) is 5.32 Å². The van der Waals surface area contributed by atoms with Gasteiger partial charge in [-0.05, 0) is 42.2 Å². The number of benzene rings is 2. The highest BCUT2D eigenvalue weighted by Crippen LogP contribution is 2.19. The molecule has 1 amide bonds. The quantitative estimate of drug-likeness (QED) is 0.795. The summed E-state index contributed by atoms with van der Waals surface area (Å²) >= 11 is 0. The van der Waals surface area contributed by atoms with Crippen molar-refractivity contribution in [3.05, 3.63) is 64.7 Å². The van der Waals surface area contributed by atoms with Crippen LogP contribution in [0.15, 0.2) is 42.5 Å². The lowest BCUT2D eigenvalue weighted by molar-refractivity contribution is 0.0916. The molecule has 2 aromatic rings. The molecule has 1 atom stereocenters. The van der Waals surface area contributed by atoms with E-state index in [0.717, 1.165) is 12.0 Å². The molecule has 0 spiro atoms. The molecule has 1 unspecified atom stereocenters. The second-order valence-electron chi connectivity index (χ2n) is 5.31. The largest absolute Gasteiger partial charge is 0.508 e. The molecule has 2 rings (SSSR count). The number of hydrogen-bond donors (Lipinski definition) is 3. The Bertz CT molecular complexity index is 650. The minimum Gasteiger partial charge on any atom is -0.508 e. The van der Waals surface area contributed by atoms with Crippen LogP contribution in [0.1, 0.15) is 40.0 Å². The van der Waals surface area contributed by atoms with Crippen LogP contribution in [0, 0.1) is 6.92 Å². The van der Waals surface area contributed by atoms with E-state index < -0.39 is 6.04 Å². The molecule has 0 aliphatic rings. The van der Waals surface area contributed by atoms with Gasteiger partial charge in [-0.1, -0.05) is 37.3 Å². The van der Waals surface area contributed by atoms with Crippen LogP contribution in [0.2, 0.25) is 0 Å². The van der Waals surface area contributed by atoms with E-state index in [0.29, 0.717) is 11.1 Å². The van der Waals surface area contributed by atoms with E-state index in [9.17, 15) is 15.0 Å². The molecule has 0 aromatic heterocycles. The summed E-state index contributed by atoms with van der Waals surface area (Å²) in [5, 5.41) is 22.0. The molecule has 0 fully saturated rings. The molecular formula is C18H21NO3. The molecule has 0 saturated carbocycles. The van der Waals surface area contributed by atoms with Crippen LogP contribution in [0.5, 0.6) is 5.75 Å². The maximum atomic E-state index is 12.2. The van der Waals surface area contributed by atoms with E-state index in [-0.39, 0.29) is 18.3 Å². The van der Waals surface area contributed by atoms with Gasteiger partial charge in [-0.15, -0.1) is 0 Å². The Balaban J connectivity index is 2.14.